The molecule has 18 heavy (non-hydrogen) atoms. The molecule has 100 valence electrons. The van der Waals surface area contributed by atoms with Crippen LogP contribution in [0.1, 0.15) is 18.9 Å². The number of hydrogen-bond donors (Lipinski definition) is 1. The Hall–Kier alpha value is -0.0900. The fourth-order valence-electron chi connectivity index (χ4n) is 2.58. The number of piperidine rings is 1. The van der Waals surface area contributed by atoms with Gasteiger partial charge in [0.2, 0.25) is 0 Å². The van der Waals surface area contributed by atoms with E-state index in [-0.39, 0.29) is 0 Å². The summed E-state index contributed by atoms with van der Waals surface area (Å²) in [6.07, 6.45) is 1.22. The Morgan fingerprint density at radius 3 is 3.00 bits per heavy atom. The summed E-state index contributed by atoms with van der Waals surface area (Å²) in [5.41, 5.74) is 1.23. The van der Waals surface area contributed by atoms with Crippen molar-refractivity contribution in [3.05, 3.63) is 33.3 Å². The second-order valence-electron chi connectivity index (χ2n) is 5.25. The quantitative estimate of drug-likeness (QED) is 0.911. The second-order valence-corrected chi connectivity index (χ2v) is 6.54. The Bertz CT molecular complexity index is 411. The van der Waals surface area contributed by atoms with E-state index in [0.29, 0.717) is 12.0 Å². The van der Waals surface area contributed by atoms with Gasteiger partial charge in [0.1, 0.15) is 0 Å². The van der Waals surface area contributed by atoms with Gasteiger partial charge in [0, 0.05) is 28.6 Å². The minimum Gasteiger partial charge on any atom is -0.310 e. The topological polar surface area (TPSA) is 15.3 Å². The molecule has 1 saturated heterocycles. The molecule has 1 aromatic carbocycles. The Balaban J connectivity index is 1.93. The fourth-order valence-corrected chi connectivity index (χ4v) is 3.16. The van der Waals surface area contributed by atoms with Gasteiger partial charge in [0.15, 0.2) is 0 Å². The van der Waals surface area contributed by atoms with Crippen LogP contribution in [0.15, 0.2) is 22.7 Å². The molecule has 0 bridgehead atoms. The minimum absolute atomic E-state index is 0.604. The predicted molar refractivity (Wildman–Crippen MR) is 81.1 cm³/mol. The van der Waals surface area contributed by atoms with Gasteiger partial charge in [-0.05, 0) is 49.7 Å². The van der Waals surface area contributed by atoms with Crippen molar-refractivity contribution in [1.82, 2.24) is 10.2 Å². The molecule has 1 aromatic rings. The first-order valence-electron chi connectivity index (χ1n) is 6.42. The van der Waals surface area contributed by atoms with Gasteiger partial charge in [-0.3, -0.25) is 0 Å². The van der Waals surface area contributed by atoms with E-state index >= 15 is 0 Å². The number of rotatable bonds is 3. The molecule has 1 N–H and O–H groups in total. The Kier molecular flexibility index (Phi) is 5.07. The first-order valence-corrected chi connectivity index (χ1v) is 7.59. The van der Waals surface area contributed by atoms with E-state index in [2.05, 4.69) is 40.1 Å². The molecule has 1 fully saturated rings. The summed E-state index contributed by atoms with van der Waals surface area (Å²) in [7, 11) is 2.19. The van der Waals surface area contributed by atoms with Crippen LogP contribution < -0.4 is 5.32 Å². The molecule has 2 rings (SSSR count). The van der Waals surface area contributed by atoms with Crippen LogP contribution in [-0.4, -0.2) is 31.1 Å². The molecule has 2 atom stereocenters. The lowest BCUT2D eigenvalue weighted by Gasteiger charge is -2.35. The zero-order chi connectivity index (χ0) is 13.1. The molecule has 4 heteroatoms. The Morgan fingerprint density at radius 2 is 2.28 bits per heavy atom. The number of halogens is 2. The third-order valence-electron chi connectivity index (χ3n) is 3.67. The first-order chi connectivity index (χ1) is 8.56. The summed E-state index contributed by atoms with van der Waals surface area (Å²) in [6, 6.07) is 6.55. The minimum atomic E-state index is 0.604. The SMILES string of the molecule is CC1CN(C)CCC1NCc1cc(Cl)ccc1Br. The van der Waals surface area contributed by atoms with Crippen molar-refractivity contribution in [2.75, 3.05) is 20.1 Å². The average molecular weight is 332 g/mol. The van der Waals surface area contributed by atoms with Gasteiger partial charge in [-0.25, -0.2) is 0 Å². The third kappa shape index (κ3) is 3.70. The van der Waals surface area contributed by atoms with E-state index in [4.69, 9.17) is 11.6 Å². The summed E-state index contributed by atoms with van der Waals surface area (Å²) >= 11 is 9.60. The van der Waals surface area contributed by atoms with Crippen molar-refractivity contribution >= 4 is 27.5 Å². The average Bonchev–Trinajstić information content (AvgIpc) is 2.32. The van der Waals surface area contributed by atoms with Crippen molar-refractivity contribution < 1.29 is 0 Å². The van der Waals surface area contributed by atoms with Crippen molar-refractivity contribution in [2.24, 2.45) is 5.92 Å². The van der Waals surface area contributed by atoms with E-state index in [9.17, 15) is 0 Å². The fraction of sp³-hybridized carbons (Fsp3) is 0.571. The van der Waals surface area contributed by atoms with E-state index in [0.717, 1.165) is 16.0 Å². The van der Waals surface area contributed by atoms with Crippen LogP contribution in [0.25, 0.3) is 0 Å². The lowest BCUT2D eigenvalue weighted by Crippen LogP contribution is -2.46. The maximum Gasteiger partial charge on any atom is 0.0410 e. The molecule has 0 amide bonds. The van der Waals surface area contributed by atoms with Gasteiger partial charge in [0.05, 0.1) is 0 Å². The van der Waals surface area contributed by atoms with Crippen LogP contribution in [0.4, 0.5) is 0 Å². The third-order valence-corrected chi connectivity index (χ3v) is 4.68. The zero-order valence-electron chi connectivity index (χ0n) is 10.9. The molecule has 0 aromatic heterocycles. The molecule has 2 nitrogen and oxygen atoms in total. The lowest BCUT2D eigenvalue weighted by molar-refractivity contribution is 0.174. The molecule has 0 saturated carbocycles. The van der Waals surface area contributed by atoms with Crippen LogP contribution in [-0.2, 0) is 6.54 Å². The largest absolute Gasteiger partial charge is 0.310 e. The van der Waals surface area contributed by atoms with Crippen LogP contribution >= 0.6 is 27.5 Å². The molecule has 0 radical (unpaired) electrons. The van der Waals surface area contributed by atoms with Crippen molar-refractivity contribution in [1.29, 1.82) is 0 Å². The highest BCUT2D eigenvalue weighted by Crippen LogP contribution is 2.22. The van der Waals surface area contributed by atoms with Gasteiger partial charge >= 0.3 is 0 Å². The second kappa shape index (κ2) is 6.38. The van der Waals surface area contributed by atoms with Crippen LogP contribution in [0.3, 0.4) is 0 Å². The number of benzene rings is 1. The van der Waals surface area contributed by atoms with Gasteiger partial charge < -0.3 is 10.2 Å². The van der Waals surface area contributed by atoms with Crippen molar-refractivity contribution in [2.45, 2.75) is 25.9 Å². The number of nitrogens with zero attached hydrogens (tertiary/aromatic N) is 1. The summed E-state index contributed by atoms with van der Waals surface area (Å²) in [5, 5.41) is 4.46. The maximum atomic E-state index is 6.03. The summed E-state index contributed by atoms with van der Waals surface area (Å²) < 4.78 is 1.12. The van der Waals surface area contributed by atoms with Gasteiger partial charge in [-0.2, -0.15) is 0 Å². The van der Waals surface area contributed by atoms with Crippen LogP contribution in [0.5, 0.6) is 0 Å². The summed E-state index contributed by atoms with van der Waals surface area (Å²) in [6.45, 7) is 5.55. The predicted octanol–water partition coefficient (Wildman–Crippen LogP) is 3.53. The summed E-state index contributed by atoms with van der Waals surface area (Å²) in [4.78, 5) is 2.40. The highest BCUT2D eigenvalue weighted by Gasteiger charge is 2.23. The zero-order valence-corrected chi connectivity index (χ0v) is 13.3. The number of likely N-dealkylation sites (tertiary alicyclic amines) is 1. The van der Waals surface area contributed by atoms with E-state index < -0.39 is 0 Å². The smallest absolute Gasteiger partial charge is 0.0410 e. The van der Waals surface area contributed by atoms with Crippen molar-refractivity contribution in [3.8, 4) is 0 Å². The van der Waals surface area contributed by atoms with E-state index in [1.165, 1.54) is 25.1 Å². The highest BCUT2D eigenvalue weighted by atomic mass is 79.9. The van der Waals surface area contributed by atoms with Crippen molar-refractivity contribution in [3.63, 3.8) is 0 Å². The Morgan fingerprint density at radius 1 is 1.50 bits per heavy atom. The van der Waals surface area contributed by atoms with Crippen LogP contribution in [0.2, 0.25) is 5.02 Å². The van der Waals surface area contributed by atoms with Crippen LogP contribution in [0, 0.1) is 5.92 Å². The standard InChI is InChI=1S/C14H20BrClN2/c1-10-9-18(2)6-5-14(10)17-8-11-7-12(16)3-4-13(11)15/h3-4,7,10,14,17H,5-6,8-9H2,1-2H3. The molecule has 1 aliphatic rings. The number of hydrogen-bond acceptors (Lipinski definition) is 2. The molecule has 1 heterocycles. The molecule has 1 aliphatic heterocycles. The molecular formula is C14H20BrClN2. The van der Waals surface area contributed by atoms with Gasteiger partial charge in [0.25, 0.3) is 0 Å². The molecule has 0 aliphatic carbocycles. The molecular weight excluding hydrogens is 312 g/mol. The van der Waals surface area contributed by atoms with Gasteiger partial charge in [-0.15, -0.1) is 0 Å². The summed E-state index contributed by atoms with van der Waals surface area (Å²) in [5.74, 6) is 0.696. The maximum absolute atomic E-state index is 6.03. The first kappa shape index (κ1) is 14.3. The normalized spacial score (nSPS) is 25.3. The Labute approximate surface area is 123 Å². The molecule has 2 unspecified atom stereocenters. The lowest BCUT2D eigenvalue weighted by atomic mass is 9.94. The van der Waals surface area contributed by atoms with Gasteiger partial charge in [-0.1, -0.05) is 34.5 Å². The number of nitrogens with one attached hydrogen (secondary N) is 1. The highest BCUT2D eigenvalue weighted by molar-refractivity contribution is 9.10. The van der Waals surface area contributed by atoms with E-state index in [1.807, 2.05) is 18.2 Å². The van der Waals surface area contributed by atoms with E-state index in [1.54, 1.807) is 0 Å². The molecule has 0 spiro atoms. The monoisotopic (exact) mass is 330 g/mol.